The van der Waals surface area contributed by atoms with E-state index in [9.17, 15) is 23.1 Å². The number of sulfone groups is 1. The first-order chi connectivity index (χ1) is 8.76. The SMILES string of the molecule is CCS(=O)(=O)CCNC(=O)N1C[C@H](O)C[C@@H]1C(=O)O. The molecule has 1 aliphatic heterocycles. The maximum Gasteiger partial charge on any atom is 0.326 e. The Labute approximate surface area is 111 Å². The number of hydrogen-bond acceptors (Lipinski definition) is 5. The summed E-state index contributed by atoms with van der Waals surface area (Å²) in [5.41, 5.74) is 0. The molecule has 0 aromatic heterocycles. The van der Waals surface area contributed by atoms with Gasteiger partial charge >= 0.3 is 12.0 Å². The van der Waals surface area contributed by atoms with Crippen molar-refractivity contribution in [3.05, 3.63) is 0 Å². The molecule has 2 amide bonds. The van der Waals surface area contributed by atoms with Crippen LogP contribution in [0.2, 0.25) is 0 Å². The predicted molar refractivity (Wildman–Crippen MR) is 66.5 cm³/mol. The standard InChI is InChI=1S/C10H18N2O6S/c1-2-19(17,18)4-3-11-10(16)12-6-7(13)5-8(12)9(14)15/h7-8,13H,2-6H2,1H3,(H,11,16)(H,14,15)/t7-,8-/m1/s1. The molecule has 0 saturated carbocycles. The van der Waals surface area contributed by atoms with Gasteiger partial charge in [0.2, 0.25) is 0 Å². The molecule has 0 radical (unpaired) electrons. The molecule has 0 bridgehead atoms. The van der Waals surface area contributed by atoms with Crippen LogP contribution in [0.25, 0.3) is 0 Å². The number of urea groups is 1. The minimum absolute atomic E-state index is 0.0109. The Kier molecular flexibility index (Phi) is 5.12. The van der Waals surface area contributed by atoms with Gasteiger partial charge in [0, 0.05) is 25.3 Å². The first kappa shape index (κ1) is 15.7. The van der Waals surface area contributed by atoms with Crippen molar-refractivity contribution < 1.29 is 28.2 Å². The summed E-state index contributed by atoms with van der Waals surface area (Å²) in [6, 6.07) is -1.74. The maximum atomic E-state index is 11.7. The van der Waals surface area contributed by atoms with Gasteiger partial charge in [-0.2, -0.15) is 0 Å². The number of aliphatic carboxylic acids is 1. The fourth-order valence-corrected chi connectivity index (χ4v) is 2.53. The largest absolute Gasteiger partial charge is 0.480 e. The number of aliphatic hydroxyl groups excluding tert-OH is 1. The van der Waals surface area contributed by atoms with Crippen LogP contribution < -0.4 is 5.32 Å². The second kappa shape index (κ2) is 6.20. The van der Waals surface area contributed by atoms with Crippen LogP contribution >= 0.6 is 0 Å². The summed E-state index contributed by atoms with van der Waals surface area (Å²) in [5.74, 6) is -1.39. The molecule has 1 aliphatic rings. The molecule has 19 heavy (non-hydrogen) atoms. The predicted octanol–water partition coefficient (Wildman–Crippen LogP) is -1.35. The smallest absolute Gasteiger partial charge is 0.326 e. The van der Waals surface area contributed by atoms with Gasteiger partial charge in [0.1, 0.15) is 6.04 Å². The van der Waals surface area contributed by atoms with E-state index in [-0.39, 0.29) is 31.0 Å². The van der Waals surface area contributed by atoms with Gasteiger partial charge in [0.25, 0.3) is 0 Å². The lowest BCUT2D eigenvalue weighted by atomic mass is 10.2. The second-order valence-electron chi connectivity index (χ2n) is 4.36. The molecule has 3 N–H and O–H groups in total. The summed E-state index contributed by atoms with van der Waals surface area (Å²) >= 11 is 0. The van der Waals surface area contributed by atoms with Crippen LogP contribution in [0.5, 0.6) is 0 Å². The normalized spacial score (nSPS) is 23.4. The molecule has 0 aromatic carbocycles. The molecule has 0 unspecified atom stereocenters. The van der Waals surface area contributed by atoms with E-state index in [0.717, 1.165) is 4.90 Å². The fourth-order valence-electron chi connectivity index (χ4n) is 1.83. The number of carbonyl (C=O) groups is 2. The molecule has 0 aromatic rings. The molecule has 2 atom stereocenters. The van der Waals surface area contributed by atoms with Crippen LogP contribution in [0.15, 0.2) is 0 Å². The van der Waals surface area contributed by atoms with Crippen LogP contribution in [0, 0.1) is 0 Å². The topological polar surface area (TPSA) is 124 Å². The third-order valence-corrected chi connectivity index (χ3v) is 4.66. The number of carbonyl (C=O) groups excluding carboxylic acids is 1. The molecular formula is C10H18N2O6S. The van der Waals surface area contributed by atoms with Crippen molar-refractivity contribution in [2.24, 2.45) is 0 Å². The molecule has 1 heterocycles. The summed E-state index contributed by atoms with van der Waals surface area (Å²) in [7, 11) is -3.18. The summed E-state index contributed by atoms with van der Waals surface area (Å²) in [5, 5.41) is 20.6. The molecule has 1 saturated heterocycles. The summed E-state index contributed by atoms with van der Waals surface area (Å²) in [4.78, 5) is 23.6. The van der Waals surface area contributed by atoms with Gasteiger partial charge in [-0.3, -0.25) is 0 Å². The van der Waals surface area contributed by atoms with Gasteiger partial charge in [-0.1, -0.05) is 6.92 Å². The molecule has 1 fully saturated rings. The highest BCUT2D eigenvalue weighted by molar-refractivity contribution is 7.91. The first-order valence-corrected chi connectivity index (χ1v) is 7.74. The van der Waals surface area contributed by atoms with Crippen LogP contribution in [-0.2, 0) is 14.6 Å². The number of carboxylic acids is 1. The van der Waals surface area contributed by atoms with E-state index in [0.29, 0.717) is 0 Å². The summed E-state index contributed by atoms with van der Waals surface area (Å²) in [6.07, 6.45) is -0.887. The lowest BCUT2D eigenvalue weighted by molar-refractivity contribution is -0.141. The van der Waals surface area contributed by atoms with Crippen molar-refractivity contribution in [1.82, 2.24) is 10.2 Å². The maximum absolute atomic E-state index is 11.7. The van der Waals surface area contributed by atoms with Crippen molar-refractivity contribution in [2.45, 2.75) is 25.5 Å². The van der Waals surface area contributed by atoms with Crippen molar-refractivity contribution in [2.75, 3.05) is 24.6 Å². The van der Waals surface area contributed by atoms with Crippen molar-refractivity contribution >= 4 is 21.8 Å². The van der Waals surface area contributed by atoms with E-state index in [1.807, 2.05) is 0 Å². The molecular weight excluding hydrogens is 276 g/mol. The summed E-state index contributed by atoms with van der Waals surface area (Å²) in [6.45, 7) is 1.37. The third kappa shape index (κ3) is 4.35. The lowest BCUT2D eigenvalue weighted by Gasteiger charge is -2.21. The molecule has 0 aliphatic carbocycles. The monoisotopic (exact) mass is 294 g/mol. The van der Waals surface area contributed by atoms with E-state index >= 15 is 0 Å². The Morgan fingerprint density at radius 1 is 1.42 bits per heavy atom. The van der Waals surface area contributed by atoms with Crippen molar-refractivity contribution in [1.29, 1.82) is 0 Å². The lowest BCUT2D eigenvalue weighted by Crippen LogP contribution is -2.47. The van der Waals surface area contributed by atoms with E-state index in [2.05, 4.69) is 5.32 Å². The third-order valence-electron chi connectivity index (χ3n) is 2.95. The van der Waals surface area contributed by atoms with E-state index in [1.54, 1.807) is 0 Å². The van der Waals surface area contributed by atoms with Crippen LogP contribution in [0.3, 0.4) is 0 Å². The number of nitrogens with one attached hydrogen (secondary N) is 1. The first-order valence-electron chi connectivity index (χ1n) is 5.92. The van der Waals surface area contributed by atoms with Crippen molar-refractivity contribution in [3.63, 3.8) is 0 Å². The Morgan fingerprint density at radius 2 is 2.05 bits per heavy atom. The molecule has 0 spiro atoms. The number of hydrogen-bond donors (Lipinski definition) is 3. The minimum atomic E-state index is -3.18. The zero-order valence-electron chi connectivity index (χ0n) is 10.6. The van der Waals surface area contributed by atoms with Gasteiger partial charge in [0.15, 0.2) is 9.84 Å². The highest BCUT2D eigenvalue weighted by Crippen LogP contribution is 2.17. The van der Waals surface area contributed by atoms with Gasteiger partial charge in [-0.25, -0.2) is 18.0 Å². The quantitative estimate of drug-likeness (QED) is 0.576. The number of aliphatic hydroxyl groups is 1. The van der Waals surface area contributed by atoms with Crippen molar-refractivity contribution in [3.8, 4) is 0 Å². The highest BCUT2D eigenvalue weighted by atomic mass is 32.2. The molecule has 1 rings (SSSR count). The number of likely N-dealkylation sites (tertiary alicyclic amines) is 1. The zero-order valence-corrected chi connectivity index (χ0v) is 11.4. The number of nitrogens with zero attached hydrogens (tertiary/aromatic N) is 1. The molecule has 8 nitrogen and oxygen atoms in total. The van der Waals surface area contributed by atoms with E-state index in [1.165, 1.54) is 6.92 Å². The van der Waals surface area contributed by atoms with E-state index in [4.69, 9.17) is 5.11 Å². The van der Waals surface area contributed by atoms with Gasteiger partial charge in [0.05, 0.1) is 11.9 Å². The van der Waals surface area contributed by atoms with E-state index < -0.39 is 34.0 Å². The Bertz CT molecular complexity index is 449. The number of rotatable bonds is 5. The highest BCUT2D eigenvalue weighted by Gasteiger charge is 2.38. The van der Waals surface area contributed by atoms with Gasteiger partial charge in [-0.05, 0) is 0 Å². The molecule has 9 heteroatoms. The number of amides is 2. The average Bonchev–Trinajstić information content (AvgIpc) is 2.71. The number of β-amino-alcohol motifs (C(OH)–C–C–N with tert-alkyl or cyclic N) is 1. The minimum Gasteiger partial charge on any atom is -0.480 e. The number of carboxylic acid groups (broad SMARTS) is 1. The Hall–Kier alpha value is -1.35. The molecule has 110 valence electrons. The van der Waals surface area contributed by atoms with Crippen LogP contribution in [-0.4, -0.2) is 72.3 Å². The van der Waals surface area contributed by atoms with Gasteiger partial charge in [-0.15, -0.1) is 0 Å². The van der Waals surface area contributed by atoms with Gasteiger partial charge < -0.3 is 20.4 Å². The van der Waals surface area contributed by atoms with Crippen LogP contribution in [0.1, 0.15) is 13.3 Å². The average molecular weight is 294 g/mol. The second-order valence-corrected chi connectivity index (χ2v) is 6.84. The Morgan fingerprint density at radius 3 is 2.58 bits per heavy atom. The zero-order chi connectivity index (χ0) is 14.6. The fraction of sp³-hybridized carbons (Fsp3) is 0.800. The van der Waals surface area contributed by atoms with Crippen LogP contribution in [0.4, 0.5) is 4.79 Å². The summed E-state index contributed by atoms with van der Waals surface area (Å²) < 4.78 is 22.5. The Balaban J connectivity index is 2.51.